The normalized spacial score (nSPS) is 27.1. The van der Waals surface area contributed by atoms with Crippen LogP contribution in [0.15, 0.2) is 24.3 Å². The first-order valence-electron chi connectivity index (χ1n) is 6.27. The summed E-state index contributed by atoms with van der Waals surface area (Å²) in [6.07, 6.45) is -2.13. The number of halogens is 1. The number of esters is 1. The Balaban J connectivity index is 2.43. The number of para-hydroxylation sites is 1. The predicted molar refractivity (Wildman–Crippen MR) is 66.5 cm³/mol. The Morgan fingerprint density at radius 1 is 1.63 bits per heavy atom. The third-order valence-corrected chi connectivity index (χ3v) is 3.44. The molecule has 5 heteroatoms. The summed E-state index contributed by atoms with van der Waals surface area (Å²) in [5, 5.41) is 10.7. The number of rotatable bonds is 3. The molecular formula is C14H17FO4. The van der Waals surface area contributed by atoms with Crippen LogP contribution in [-0.4, -0.2) is 30.5 Å². The summed E-state index contributed by atoms with van der Waals surface area (Å²) in [5.41, 5.74) is -1.63. The van der Waals surface area contributed by atoms with E-state index < -0.39 is 23.7 Å². The molecule has 19 heavy (non-hydrogen) atoms. The van der Waals surface area contributed by atoms with Crippen molar-refractivity contribution in [3.8, 4) is 5.75 Å². The van der Waals surface area contributed by atoms with Crippen LogP contribution in [0.5, 0.6) is 5.75 Å². The Morgan fingerprint density at radius 3 is 3.00 bits per heavy atom. The number of carbonyl (C=O) groups excluding carboxylic acids is 1. The largest absolute Gasteiger partial charge is 0.493 e. The van der Waals surface area contributed by atoms with Gasteiger partial charge in [0.1, 0.15) is 11.4 Å². The molecule has 0 bridgehead atoms. The van der Waals surface area contributed by atoms with Gasteiger partial charge in [-0.25, -0.2) is 9.18 Å². The minimum atomic E-state index is -2.13. The second-order valence-corrected chi connectivity index (χ2v) is 4.65. The number of carbonyl (C=O) groups is 1. The molecule has 1 aromatic rings. The standard InChI is InChI=1S/C14H17FO4/c1-3-18-13(16)12(15)14(17)9(2)8-19-11-7-5-4-6-10(11)14/h4-7,9,12,17H,3,8H2,1-2H3. The van der Waals surface area contributed by atoms with Gasteiger partial charge in [-0.3, -0.25) is 0 Å². The van der Waals surface area contributed by atoms with E-state index >= 15 is 0 Å². The van der Waals surface area contributed by atoms with E-state index in [0.717, 1.165) is 0 Å². The monoisotopic (exact) mass is 268 g/mol. The fraction of sp³-hybridized carbons (Fsp3) is 0.500. The van der Waals surface area contributed by atoms with E-state index in [1.165, 1.54) is 0 Å². The molecule has 0 spiro atoms. The maximum Gasteiger partial charge on any atom is 0.344 e. The minimum Gasteiger partial charge on any atom is -0.493 e. The second-order valence-electron chi connectivity index (χ2n) is 4.65. The number of fused-ring (bicyclic) bond motifs is 1. The highest BCUT2D eigenvalue weighted by molar-refractivity contribution is 5.77. The van der Waals surface area contributed by atoms with Gasteiger partial charge < -0.3 is 14.6 Å². The predicted octanol–water partition coefficient (Wildman–Crippen LogP) is 1.80. The van der Waals surface area contributed by atoms with E-state index in [0.29, 0.717) is 5.75 Å². The van der Waals surface area contributed by atoms with E-state index in [2.05, 4.69) is 4.74 Å². The van der Waals surface area contributed by atoms with Crippen LogP contribution < -0.4 is 4.74 Å². The van der Waals surface area contributed by atoms with Gasteiger partial charge in [0, 0.05) is 11.5 Å². The van der Waals surface area contributed by atoms with Gasteiger partial charge in [-0.15, -0.1) is 0 Å². The quantitative estimate of drug-likeness (QED) is 0.849. The maximum absolute atomic E-state index is 14.4. The number of ether oxygens (including phenoxy) is 2. The summed E-state index contributed by atoms with van der Waals surface area (Å²) >= 11 is 0. The Morgan fingerprint density at radius 2 is 2.32 bits per heavy atom. The van der Waals surface area contributed by atoms with Crippen molar-refractivity contribution in [1.82, 2.24) is 0 Å². The molecule has 0 saturated carbocycles. The van der Waals surface area contributed by atoms with E-state index in [4.69, 9.17) is 4.74 Å². The van der Waals surface area contributed by atoms with Gasteiger partial charge >= 0.3 is 5.97 Å². The van der Waals surface area contributed by atoms with Crippen LogP contribution in [0.3, 0.4) is 0 Å². The SMILES string of the molecule is CCOC(=O)C(F)C1(O)c2ccccc2OCC1C. The van der Waals surface area contributed by atoms with Crippen LogP contribution in [0.4, 0.5) is 4.39 Å². The van der Waals surface area contributed by atoms with Crippen LogP contribution in [0.25, 0.3) is 0 Å². The number of aliphatic hydroxyl groups is 1. The van der Waals surface area contributed by atoms with Crippen LogP contribution in [0.2, 0.25) is 0 Å². The first-order valence-corrected chi connectivity index (χ1v) is 6.27. The maximum atomic E-state index is 14.4. The molecule has 0 aromatic heterocycles. The molecule has 4 nitrogen and oxygen atoms in total. The van der Waals surface area contributed by atoms with Crippen molar-refractivity contribution >= 4 is 5.97 Å². The molecule has 0 fully saturated rings. The van der Waals surface area contributed by atoms with Crippen molar-refractivity contribution in [2.45, 2.75) is 25.6 Å². The molecule has 1 aromatic carbocycles. The smallest absolute Gasteiger partial charge is 0.344 e. The Hall–Kier alpha value is -1.62. The molecule has 0 amide bonds. The van der Waals surface area contributed by atoms with Crippen LogP contribution in [0, 0.1) is 5.92 Å². The summed E-state index contributed by atoms with van der Waals surface area (Å²) in [4.78, 5) is 11.6. The van der Waals surface area contributed by atoms with Gasteiger partial charge in [-0.05, 0) is 13.0 Å². The lowest BCUT2D eigenvalue weighted by atomic mass is 9.77. The van der Waals surface area contributed by atoms with Gasteiger partial charge in [0.15, 0.2) is 0 Å². The average molecular weight is 268 g/mol. The van der Waals surface area contributed by atoms with E-state index in [-0.39, 0.29) is 18.8 Å². The van der Waals surface area contributed by atoms with Crippen LogP contribution in [-0.2, 0) is 15.1 Å². The Kier molecular flexibility index (Phi) is 3.75. The molecule has 0 aliphatic carbocycles. The Bertz CT molecular complexity index is 476. The molecular weight excluding hydrogens is 251 g/mol. The first-order chi connectivity index (χ1) is 9.01. The molecule has 0 radical (unpaired) electrons. The fourth-order valence-electron chi connectivity index (χ4n) is 2.31. The van der Waals surface area contributed by atoms with E-state index in [1.807, 2.05) is 0 Å². The summed E-state index contributed by atoms with van der Waals surface area (Å²) in [6.45, 7) is 3.45. The van der Waals surface area contributed by atoms with Crippen molar-refractivity contribution in [1.29, 1.82) is 0 Å². The molecule has 1 aliphatic heterocycles. The molecule has 2 rings (SSSR count). The minimum absolute atomic E-state index is 0.0713. The topological polar surface area (TPSA) is 55.8 Å². The lowest BCUT2D eigenvalue weighted by molar-refractivity contribution is -0.171. The number of alkyl halides is 1. The third kappa shape index (κ3) is 2.18. The molecule has 1 N–H and O–H groups in total. The van der Waals surface area contributed by atoms with Crippen molar-refractivity contribution < 1.29 is 23.8 Å². The number of hydrogen-bond donors (Lipinski definition) is 1. The summed E-state index contributed by atoms with van der Waals surface area (Å²) < 4.78 is 24.5. The van der Waals surface area contributed by atoms with Gasteiger partial charge in [0.25, 0.3) is 0 Å². The van der Waals surface area contributed by atoms with Gasteiger partial charge in [0.05, 0.1) is 13.2 Å². The lowest BCUT2D eigenvalue weighted by Crippen LogP contribution is -2.51. The highest BCUT2D eigenvalue weighted by Gasteiger charge is 2.52. The van der Waals surface area contributed by atoms with Crippen molar-refractivity contribution in [3.63, 3.8) is 0 Å². The second kappa shape index (κ2) is 5.17. The van der Waals surface area contributed by atoms with Crippen LogP contribution in [0.1, 0.15) is 19.4 Å². The molecule has 1 heterocycles. The Labute approximate surface area is 111 Å². The molecule has 3 unspecified atom stereocenters. The summed E-state index contributed by atoms with van der Waals surface area (Å²) in [7, 11) is 0. The molecule has 3 atom stereocenters. The number of benzene rings is 1. The third-order valence-electron chi connectivity index (χ3n) is 3.44. The average Bonchev–Trinajstić information content (AvgIpc) is 2.42. The summed E-state index contributed by atoms with van der Waals surface area (Å²) in [6, 6.07) is 6.61. The fourth-order valence-corrected chi connectivity index (χ4v) is 2.31. The van der Waals surface area contributed by atoms with Crippen molar-refractivity contribution in [2.75, 3.05) is 13.2 Å². The van der Waals surface area contributed by atoms with E-state index in [9.17, 15) is 14.3 Å². The van der Waals surface area contributed by atoms with Gasteiger partial charge in [0.2, 0.25) is 6.17 Å². The summed E-state index contributed by atoms with van der Waals surface area (Å²) in [5.74, 6) is -1.20. The highest BCUT2D eigenvalue weighted by Crippen LogP contribution is 2.43. The van der Waals surface area contributed by atoms with Gasteiger partial charge in [-0.2, -0.15) is 0 Å². The number of hydrogen-bond acceptors (Lipinski definition) is 4. The van der Waals surface area contributed by atoms with Crippen molar-refractivity contribution in [2.24, 2.45) is 5.92 Å². The van der Waals surface area contributed by atoms with Crippen molar-refractivity contribution in [3.05, 3.63) is 29.8 Å². The highest BCUT2D eigenvalue weighted by atomic mass is 19.1. The van der Waals surface area contributed by atoms with Crippen LogP contribution >= 0.6 is 0 Å². The lowest BCUT2D eigenvalue weighted by Gasteiger charge is -2.40. The zero-order valence-electron chi connectivity index (χ0n) is 10.9. The molecule has 0 saturated heterocycles. The first kappa shape index (κ1) is 13.8. The van der Waals surface area contributed by atoms with E-state index in [1.54, 1.807) is 38.1 Å². The van der Waals surface area contributed by atoms with Gasteiger partial charge in [-0.1, -0.05) is 25.1 Å². The zero-order chi connectivity index (χ0) is 14.0. The molecule has 1 aliphatic rings. The molecule has 104 valence electrons. The zero-order valence-corrected chi connectivity index (χ0v) is 10.9.